The molecule has 0 aromatic carbocycles. The fourth-order valence-electron chi connectivity index (χ4n) is 3.03. The van der Waals surface area contributed by atoms with Crippen molar-refractivity contribution in [2.75, 3.05) is 38.1 Å². The normalized spacial score (nSPS) is 15.0. The molecule has 0 bridgehead atoms. The SMILES string of the molecule is Cc1nc(N2CCN(C)CC2)ncc1C(=O)NCc1cc(-c2ccco2)on1. The number of hydrogen-bond donors (Lipinski definition) is 1. The molecule has 3 aromatic heterocycles. The van der Waals surface area contributed by atoms with Gasteiger partial charge in [-0.3, -0.25) is 4.79 Å². The summed E-state index contributed by atoms with van der Waals surface area (Å²) in [5.41, 5.74) is 1.71. The molecule has 4 rings (SSSR count). The zero-order chi connectivity index (χ0) is 19.5. The first-order valence-electron chi connectivity index (χ1n) is 9.15. The van der Waals surface area contributed by atoms with Crippen LogP contribution < -0.4 is 10.2 Å². The Bertz CT molecular complexity index is 944. The van der Waals surface area contributed by atoms with Gasteiger partial charge in [0.05, 0.1) is 24.1 Å². The smallest absolute Gasteiger partial charge is 0.255 e. The second-order valence-corrected chi connectivity index (χ2v) is 6.80. The van der Waals surface area contributed by atoms with Gasteiger partial charge in [-0.1, -0.05) is 5.16 Å². The molecule has 0 aliphatic carbocycles. The Balaban J connectivity index is 1.38. The van der Waals surface area contributed by atoms with Gasteiger partial charge in [-0.25, -0.2) is 9.97 Å². The van der Waals surface area contributed by atoms with Gasteiger partial charge < -0.3 is 24.1 Å². The van der Waals surface area contributed by atoms with Crippen LogP contribution in [0.3, 0.4) is 0 Å². The third-order valence-corrected chi connectivity index (χ3v) is 4.75. The lowest BCUT2D eigenvalue weighted by atomic mass is 10.2. The van der Waals surface area contributed by atoms with Crippen LogP contribution in [0.2, 0.25) is 0 Å². The van der Waals surface area contributed by atoms with E-state index in [0.717, 1.165) is 26.2 Å². The summed E-state index contributed by atoms with van der Waals surface area (Å²) in [6.45, 7) is 5.77. The average Bonchev–Trinajstić information content (AvgIpc) is 3.38. The predicted octanol–water partition coefficient (Wildman–Crippen LogP) is 1.71. The molecule has 1 saturated heterocycles. The van der Waals surface area contributed by atoms with Gasteiger partial charge in [0.1, 0.15) is 5.69 Å². The quantitative estimate of drug-likeness (QED) is 0.712. The predicted molar refractivity (Wildman–Crippen MR) is 102 cm³/mol. The number of nitrogens with one attached hydrogen (secondary N) is 1. The highest BCUT2D eigenvalue weighted by Gasteiger charge is 2.19. The van der Waals surface area contributed by atoms with E-state index in [1.54, 1.807) is 30.7 Å². The molecule has 1 N–H and O–H groups in total. The first kappa shape index (κ1) is 18.2. The Kier molecular flexibility index (Phi) is 5.07. The third-order valence-electron chi connectivity index (χ3n) is 4.75. The maximum atomic E-state index is 12.5. The minimum absolute atomic E-state index is 0.239. The maximum absolute atomic E-state index is 12.5. The lowest BCUT2D eigenvalue weighted by Crippen LogP contribution is -2.45. The number of amides is 1. The summed E-state index contributed by atoms with van der Waals surface area (Å²) in [6.07, 6.45) is 3.15. The number of likely N-dealkylation sites (N-methyl/N-ethyl adjacent to an activating group) is 1. The molecular formula is C19H22N6O3. The number of rotatable bonds is 5. The summed E-state index contributed by atoms with van der Waals surface area (Å²) in [5.74, 6) is 1.53. The van der Waals surface area contributed by atoms with E-state index in [9.17, 15) is 4.79 Å². The summed E-state index contributed by atoms with van der Waals surface area (Å²) >= 11 is 0. The molecule has 1 fully saturated rings. The van der Waals surface area contributed by atoms with Crippen molar-refractivity contribution in [3.8, 4) is 11.5 Å². The van der Waals surface area contributed by atoms with E-state index >= 15 is 0 Å². The van der Waals surface area contributed by atoms with Crippen molar-refractivity contribution in [3.05, 3.63) is 47.6 Å². The molecule has 146 valence electrons. The molecule has 0 unspecified atom stereocenters. The minimum atomic E-state index is -0.245. The Morgan fingerprint density at radius 3 is 2.79 bits per heavy atom. The Morgan fingerprint density at radius 2 is 2.07 bits per heavy atom. The van der Waals surface area contributed by atoms with Crippen LogP contribution in [0.4, 0.5) is 5.95 Å². The number of carbonyl (C=O) groups excluding carboxylic acids is 1. The molecule has 3 aromatic rings. The van der Waals surface area contributed by atoms with Gasteiger partial charge in [-0.05, 0) is 26.1 Å². The largest absolute Gasteiger partial charge is 0.461 e. The highest BCUT2D eigenvalue weighted by atomic mass is 16.5. The van der Waals surface area contributed by atoms with Crippen LogP contribution in [0.25, 0.3) is 11.5 Å². The summed E-state index contributed by atoms with van der Waals surface area (Å²) < 4.78 is 10.5. The monoisotopic (exact) mass is 382 g/mol. The first-order valence-corrected chi connectivity index (χ1v) is 9.15. The Morgan fingerprint density at radius 1 is 1.25 bits per heavy atom. The number of anilines is 1. The molecule has 0 atom stereocenters. The minimum Gasteiger partial charge on any atom is -0.461 e. The summed E-state index contributed by atoms with van der Waals surface area (Å²) in [7, 11) is 2.10. The van der Waals surface area contributed by atoms with Crippen molar-refractivity contribution in [3.63, 3.8) is 0 Å². The van der Waals surface area contributed by atoms with E-state index in [1.165, 1.54) is 0 Å². The molecule has 1 aliphatic heterocycles. The number of nitrogens with zero attached hydrogens (tertiary/aromatic N) is 5. The number of furan rings is 1. The van der Waals surface area contributed by atoms with Crippen molar-refractivity contribution in [1.82, 2.24) is 25.3 Å². The molecule has 0 saturated carbocycles. The van der Waals surface area contributed by atoms with Gasteiger partial charge in [0, 0.05) is 38.4 Å². The molecule has 4 heterocycles. The first-order chi connectivity index (χ1) is 13.6. The second-order valence-electron chi connectivity index (χ2n) is 6.80. The van der Waals surface area contributed by atoms with Gasteiger partial charge in [-0.15, -0.1) is 0 Å². The zero-order valence-electron chi connectivity index (χ0n) is 15.9. The van der Waals surface area contributed by atoms with Gasteiger partial charge in [-0.2, -0.15) is 0 Å². The maximum Gasteiger partial charge on any atom is 0.255 e. The average molecular weight is 382 g/mol. The fraction of sp³-hybridized carbons (Fsp3) is 0.368. The highest BCUT2D eigenvalue weighted by molar-refractivity contribution is 5.94. The lowest BCUT2D eigenvalue weighted by molar-refractivity contribution is 0.0948. The Labute approximate surface area is 162 Å². The number of carbonyl (C=O) groups is 1. The lowest BCUT2D eigenvalue weighted by Gasteiger charge is -2.32. The fourth-order valence-corrected chi connectivity index (χ4v) is 3.03. The molecule has 1 amide bonds. The van der Waals surface area contributed by atoms with Crippen molar-refractivity contribution < 1.29 is 13.7 Å². The van der Waals surface area contributed by atoms with Crippen molar-refractivity contribution >= 4 is 11.9 Å². The molecule has 9 nitrogen and oxygen atoms in total. The molecule has 0 spiro atoms. The van der Waals surface area contributed by atoms with Crippen LogP contribution in [-0.4, -0.2) is 59.2 Å². The standard InChI is InChI=1S/C19H22N6O3/c1-13-15(12-21-19(22-13)25-7-5-24(2)6-8-25)18(26)20-11-14-10-17(28-23-14)16-4-3-9-27-16/h3-4,9-10,12H,5-8,11H2,1-2H3,(H,20,26). The van der Waals surface area contributed by atoms with Crippen molar-refractivity contribution in [2.45, 2.75) is 13.5 Å². The van der Waals surface area contributed by atoms with Crippen molar-refractivity contribution in [2.24, 2.45) is 0 Å². The van der Waals surface area contributed by atoms with Gasteiger partial charge in [0.2, 0.25) is 11.7 Å². The summed E-state index contributed by atoms with van der Waals surface area (Å²) in [4.78, 5) is 25.8. The van der Waals surface area contributed by atoms with E-state index in [4.69, 9.17) is 8.94 Å². The highest BCUT2D eigenvalue weighted by Crippen LogP contribution is 2.20. The van der Waals surface area contributed by atoms with Gasteiger partial charge in [0.15, 0.2) is 5.76 Å². The third kappa shape index (κ3) is 3.89. The zero-order valence-corrected chi connectivity index (χ0v) is 15.9. The van der Waals surface area contributed by atoms with Crippen LogP contribution >= 0.6 is 0 Å². The van der Waals surface area contributed by atoms with Crippen LogP contribution in [-0.2, 0) is 6.54 Å². The van der Waals surface area contributed by atoms with Gasteiger partial charge in [0.25, 0.3) is 5.91 Å². The number of hydrogen-bond acceptors (Lipinski definition) is 8. The number of aryl methyl sites for hydroxylation is 1. The van der Waals surface area contributed by atoms with Crippen LogP contribution in [0.1, 0.15) is 21.7 Å². The van der Waals surface area contributed by atoms with E-state index in [0.29, 0.717) is 34.4 Å². The van der Waals surface area contributed by atoms with E-state index in [1.807, 2.05) is 6.92 Å². The van der Waals surface area contributed by atoms with Gasteiger partial charge >= 0.3 is 0 Å². The number of aromatic nitrogens is 3. The van der Waals surface area contributed by atoms with Crippen molar-refractivity contribution in [1.29, 1.82) is 0 Å². The van der Waals surface area contributed by atoms with Crippen LogP contribution in [0.15, 0.2) is 39.6 Å². The summed E-state index contributed by atoms with van der Waals surface area (Å²) in [5, 5.41) is 6.78. The van der Waals surface area contributed by atoms with Crippen LogP contribution in [0, 0.1) is 6.92 Å². The number of piperazine rings is 1. The molecule has 1 aliphatic rings. The van der Waals surface area contributed by atoms with Crippen LogP contribution in [0.5, 0.6) is 0 Å². The second kappa shape index (κ2) is 7.81. The Hall–Kier alpha value is -3.20. The molecule has 9 heteroatoms. The molecule has 28 heavy (non-hydrogen) atoms. The molecular weight excluding hydrogens is 360 g/mol. The van der Waals surface area contributed by atoms with E-state index < -0.39 is 0 Å². The topological polar surface area (TPSA) is 101 Å². The molecule has 0 radical (unpaired) electrons. The van der Waals surface area contributed by atoms with E-state index in [2.05, 4.69) is 37.3 Å². The van der Waals surface area contributed by atoms with E-state index in [-0.39, 0.29) is 12.5 Å². The summed E-state index contributed by atoms with van der Waals surface area (Å²) in [6, 6.07) is 5.29.